The largest absolute Gasteiger partial charge is 0.466 e. The lowest BCUT2D eigenvalue weighted by Crippen LogP contribution is -2.45. The monoisotopic (exact) mass is 417 g/mol. The van der Waals surface area contributed by atoms with E-state index in [4.69, 9.17) is 4.74 Å². The lowest BCUT2D eigenvalue weighted by atomic mass is 10.1. The fourth-order valence-electron chi connectivity index (χ4n) is 2.64. The van der Waals surface area contributed by atoms with E-state index < -0.39 is 0 Å². The second-order valence-electron chi connectivity index (χ2n) is 6.55. The molecule has 8 nitrogen and oxygen atoms in total. The van der Waals surface area contributed by atoms with E-state index in [1.165, 1.54) is 4.90 Å². The molecule has 1 aromatic rings. The van der Waals surface area contributed by atoms with Crippen LogP contribution in [0.1, 0.15) is 39.0 Å². The molecule has 0 radical (unpaired) electrons. The van der Waals surface area contributed by atoms with Crippen molar-refractivity contribution in [2.75, 3.05) is 31.1 Å². The molecule has 0 bridgehead atoms. The summed E-state index contributed by atoms with van der Waals surface area (Å²) in [4.78, 5) is 49.3. The van der Waals surface area contributed by atoms with Crippen LogP contribution in [0.2, 0.25) is 0 Å². The zero-order chi connectivity index (χ0) is 22.2. The third-order valence-corrected chi connectivity index (χ3v) is 4.14. The van der Waals surface area contributed by atoms with E-state index in [0.717, 1.165) is 6.42 Å². The molecule has 0 spiro atoms. The van der Waals surface area contributed by atoms with E-state index in [1.54, 1.807) is 37.3 Å². The van der Waals surface area contributed by atoms with Gasteiger partial charge in [-0.25, -0.2) is 0 Å². The van der Waals surface area contributed by atoms with Crippen LogP contribution < -0.4 is 15.5 Å². The summed E-state index contributed by atoms with van der Waals surface area (Å²) in [7, 11) is 0. The zero-order valence-corrected chi connectivity index (χ0v) is 17.5. The van der Waals surface area contributed by atoms with Gasteiger partial charge in [-0.2, -0.15) is 0 Å². The summed E-state index contributed by atoms with van der Waals surface area (Å²) >= 11 is 0. The lowest BCUT2D eigenvalue weighted by Gasteiger charge is -2.22. The molecule has 0 fully saturated rings. The van der Waals surface area contributed by atoms with E-state index in [0.29, 0.717) is 38.1 Å². The number of nitrogens with zero attached hydrogens (tertiary/aromatic N) is 1. The zero-order valence-electron chi connectivity index (χ0n) is 17.5. The predicted octanol–water partition coefficient (Wildman–Crippen LogP) is 1.95. The van der Waals surface area contributed by atoms with Crippen molar-refractivity contribution in [2.45, 2.75) is 39.0 Å². The van der Waals surface area contributed by atoms with Gasteiger partial charge in [-0.05, 0) is 31.9 Å². The van der Waals surface area contributed by atoms with Gasteiger partial charge in [0.15, 0.2) is 0 Å². The number of hydrogen-bond donors (Lipinski definition) is 2. The van der Waals surface area contributed by atoms with Crippen LogP contribution in [0.25, 0.3) is 0 Å². The molecule has 164 valence electrons. The molecule has 1 aromatic carbocycles. The van der Waals surface area contributed by atoms with Gasteiger partial charge >= 0.3 is 5.97 Å². The molecule has 0 aliphatic carbocycles. The molecule has 0 saturated carbocycles. The number of hydrogen-bond acceptors (Lipinski definition) is 5. The summed E-state index contributed by atoms with van der Waals surface area (Å²) in [6, 6.07) is 8.81. The molecule has 8 heteroatoms. The van der Waals surface area contributed by atoms with Crippen molar-refractivity contribution in [3.05, 3.63) is 43.0 Å². The van der Waals surface area contributed by atoms with Crippen molar-refractivity contribution in [3.63, 3.8) is 0 Å². The summed E-state index contributed by atoms with van der Waals surface area (Å²) < 4.78 is 4.85. The number of esters is 1. The average molecular weight is 418 g/mol. The van der Waals surface area contributed by atoms with Gasteiger partial charge in [0.05, 0.1) is 13.2 Å². The molecule has 1 rings (SSSR count). The summed E-state index contributed by atoms with van der Waals surface area (Å²) in [6.45, 7) is 5.62. The second kappa shape index (κ2) is 14.8. The number of anilines is 1. The first-order valence-electron chi connectivity index (χ1n) is 10.1. The number of carbonyl (C=O) groups is 4. The first-order chi connectivity index (χ1) is 14.5. The van der Waals surface area contributed by atoms with Crippen LogP contribution in [-0.2, 0) is 23.9 Å². The Labute approximate surface area is 177 Å². The number of unbranched alkanes of at least 4 members (excludes halogenated alkanes) is 2. The first kappa shape index (κ1) is 24.9. The van der Waals surface area contributed by atoms with Gasteiger partial charge in [-0.15, -0.1) is 6.58 Å². The summed E-state index contributed by atoms with van der Waals surface area (Å²) in [6.07, 6.45) is 4.16. The minimum absolute atomic E-state index is 0.152. The molecular formula is C22H31N3O5. The van der Waals surface area contributed by atoms with Crippen LogP contribution >= 0.6 is 0 Å². The Morgan fingerprint density at radius 2 is 1.70 bits per heavy atom. The molecule has 0 aliphatic heterocycles. The van der Waals surface area contributed by atoms with Crippen LogP contribution in [0, 0.1) is 0 Å². The Bertz CT molecular complexity index is 706. The van der Waals surface area contributed by atoms with Crippen molar-refractivity contribution >= 4 is 29.4 Å². The highest BCUT2D eigenvalue weighted by Crippen LogP contribution is 2.13. The highest BCUT2D eigenvalue weighted by molar-refractivity contribution is 6.00. The van der Waals surface area contributed by atoms with E-state index in [9.17, 15) is 19.2 Å². The second-order valence-corrected chi connectivity index (χ2v) is 6.55. The number of benzene rings is 1. The summed E-state index contributed by atoms with van der Waals surface area (Å²) in [5.74, 6) is -1.18. The number of carbonyl (C=O) groups excluding carboxylic acids is 4. The summed E-state index contributed by atoms with van der Waals surface area (Å²) in [5.41, 5.74) is 0.574. The van der Waals surface area contributed by atoms with Crippen molar-refractivity contribution in [3.8, 4) is 0 Å². The molecule has 0 aliphatic rings. The average Bonchev–Trinajstić information content (AvgIpc) is 2.74. The van der Waals surface area contributed by atoms with Crippen LogP contribution in [0.4, 0.5) is 5.69 Å². The SMILES string of the molecule is C=CCNC(=O)CN(C(=O)CNC(=O)CCCCCC(=O)OCC)c1ccccc1. The molecule has 30 heavy (non-hydrogen) atoms. The fraction of sp³-hybridized carbons (Fsp3) is 0.455. The first-order valence-corrected chi connectivity index (χ1v) is 10.1. The van der Waals surface area contributed by atoms with E-state index in [2.05, 4.69) is 17.2 Å². The van der Waals surface area contributed by atoms with Gasteiger partial charge in [-0.1, -0.05) is 30.7 Å². The third kappa shape index (κ3) is 10.4. The number of para-hydroxylation sites is 1. The van der Waals surface area contributed by atoms with Gasteiger partial charge < -0.3 is 20.3 Å². The Kier molecular flexibility index (Phi) is 12.3. The van der Waals surface area contributed by atoms with Gasteiger partial charge in [0, 0.05) is 25.1 Å². The lowest BCUT2D eigenvalue weighted by molar-refractivity contribution is -0.143. The quantitative estimate of drug-likeness (QED) is 0.273. The molecule has 0 heterocycles. The normalized spacial score (nSPS) is 10.0. The van der Waals surface area contributed by atoms with Crippen LogP contribution in [0.5, 0.6) is 0 Å². The molecule has 0 aromatic heterocycles. The number of rotatable bonds is 14. The smallest absolute Gasteiger partial charge is 0.305 e. The highest BCUT2D eigenvalue weighted by Gasteiger charge is 2.19. The fourth-order valence-corrected chi connectivity index (χ4v) is 2.64. The van der Waals surface area contributed by atoms with Crippen LogP contribution in [-0.4, -0.2) is 49.9 Å². The number of nitrogens with one attached hydrogen (secondary N) is 2. The van der Waals surface area contributed by atoms with Crippen molar-refractivity contribution in [2.24, 2.45) is 0 Å². The van der Waals surface area contributed by atoms with E-state index in [-0.39, 0.29) is 43.2 Å². The Hall–Kier alpha value is -3.16. The Morgan fingerprint density at radius 1 is 1.00 bits per heavy atom. The maximum atomic E-state index is 12.6. The van der Waals surface area contributed by atoms with Crippen LogP contribution in [0.3, 0.4) is 0 Å². The van der Waals surface area contributed by atoms with Gasteiger partial charge in [0.2, 0.25) is 17.7 Å². The van der Waals surface area contributed by atoms with Gasteiger partial charge in [0.1, 0.15) is 6.54 Å². The highest BCUT2D eigenvalue weighted by atomic mass is 16.5. The number of ether oxygens (including phenoxy) is 1. The number of amides is 3. The molecule has 0 saturated heterocycles. The Balaban J connectivity index is 2.45. The molecule has 0 atom stereocenters. The van der Waals surface area contributed by atoms with Gasteiger partial charge in [-0.3, -0.25) is 19.2 Å². The molecule has 2 N–H and O–H groups in total. The predicted molar refractivity (Wildman–Crippen MR) is 115 cm³/mol. The summed E-state index contributed by atoms with van der Waals surface area (Å²) in [5, 5.41) is 5.24. The van der Waals surface area contributed by atoms with Crippen molar-refractivity contribution in [1.82, 2.24) is 10.6 Å². The topological polar surface area (TPSA) is 105 Å². The minimum Gasteiger partial charge on any atom is -0.466 e. The van der Waals surface area contributed by atoms with E-state index >= 15 is 0 Å². The maximum Gasteiger partial charge on any atom is 0.305 e. The molecule has 3 amide bonds. The van der Waals surface area contributed by atoms with E-state index in [1.807, 2.05) is 6.07 Å². The molecular weight excluding hydrogens is 386 g/mol. The standard InChI is InChI=1S/C22H31N3O5/c1-3-15-23-20(27)17-25(18-11-7-5-8-12-18)21(28)16-24-19(26)13-9-6-10-14-22(29)30-4-2/h3,5,7-8,11-12H,1,4,6,9-10,13-17H2,2H3,(H,23,27)(H,24,26). The van der Waals surface area contributed by atoms with Gasteiger partial charge in [0.25, 0.3) is 0 Å². The maximum absolute atomic E-state index is 12.6. The minimum atomic E-state index is -0.384. The Morgan fingerprint density at radius 3 is 2.37 bits per heavy atom. The van der Waals surface area contributed by atoms with Crippen molar-refractivity contribution < 1.29 is 23.9 Å². The van der Waals surface area contributed by atoms with Crippen LogP contribution in [0.15, 0.2) is 43.0 Å². The third-order valence-electron chi connectivity index (χ3n) is 4.14. The molecule has 0 unspecified atom stereocenters. The van der Waals surface area contributed by atoms with Crippen molar-refractivity contribution in [1.29, 1.82) is 0 Å².